The third-order valence-corrected chi connectivity index (χ3v) is 2.05. The molecule has 0 aromatic carbocycles. The smallest absolute Gasteiger partial charge is 0.244 e. The van der Waals surface area contributed by atoms with Gasteiger partial charge in [0.05, 0.1) is 0 Å². The molecule has 2 atom stereocenters. The van der Waals surface area contributed by atoms with Gasteiger partial charge in [-0.2, -0.15) is 0 Å². The molecule has 2 N–H and O–H groups in total. The van der Waals surface area contributed by atoms with E-state index in [0.29, 0.717) is 13.1 Å². The summed E-state index contributed by atoms with van der Waals surface area (Å²) in [4.78, 5) is 0. The second-order valence-electron chi connectivity index (χ2n) is 2.82. The topological polar surface area (TPSA) is 24.1 Å². The molecule has 2 nitrogen and oxygen atoms in total. The standard InChI is InChI=1S/C7H14F2N2/c1-2-11-6-4-10-3-5(6)7(8)9/h5-7,10-11H,2-4H2,1H3. The Balaban J connectivity index is 2.37. The largest absolute Gasteiger partial charge is 0.315 e. The van der Waals surface area contributed by atoms with Crippen molar-refractivity contribution in [3.05, 3.63) is 0 Å². The summed E-state index contributed by atoms with van der Waals surface area (Å²) >= 11 is 0. The Hall–Kier alpha value is -0.220. The highest BCUT2D eigenvalue weighted by Gasteiger charge is 2.33. The molecular formula is C7H14F2N2. The van der Waals surface area contributed by atoms with Gasteiger partial charge in [-0.05, 0) is 6.54 Å². The first kappa shape index (κ1) is 8.87. The van der Waals surface area contributed by atoms with Crippen molar-refractivity contribution < 1.29 is 8.78 Å². The fourth-order valence-electron chi connectivity index (χ4n) is 1.45. The van der Waals surface area contributed by atoms with Crippen LogP contribution in [-0.2, 0) is 0 Å². The Morgan fingerprint density at radius 1 is 1.55 bits per heavy atom. The molecule has 0 saturated carbocycles. The lowest BCUT2D eigenvalue weighted by Gasteiger charge is -2.17. The average molecular weight is 164 g/mol. The maximum absolute atomic E-state index is 12.2. The molecule has 0 aliphatic carbocycles. The lowest BCUT2D eigenvalue weighted by atomic mass is 10.1. The minimum Gasteiger partial charge on any atom is -0.315 e. The Labute approximate surface area is 65.4 Å². The SMILES string of the molecule is CCNC1CNCC1C(F)F. The van der Waals surface area contributed by atoms with Gasteiger partial charge in [0.1, 0.15) is 0 Å². The molecule has 1 fully saturated rings. The highest BCUT2D eigenvalue weighted by molar-refractivity contribution is 4.87. The molecular weight excluding hydrogens is 150 g/mol. The van der Waals surface area contributed by atoms with Crippen LogP contribution in [0.4, 0.5) is 8.78 Å². The molecule has 1 aliphatic heterocycles. The molecule has 4 heteroatoms. The molecule has 0 amide bonds. The maximum atomic E-state index is 12.2. The van der Waals surface area contributed by atoms with Gasteiger partial charge in [-0.1, -0.05) is 6.92 Å². The second kappa shape index (κ2) is 3.97. The third-order valence-electron chi connectivity index (χ3n) is 2.05. The van der Waals surface area contributed by atoms with Crippen LogP contribution in [0, 0.1) is 5.92 Å². The van der Waals surface area contributed by atoms with Gasteiger partial charge in [-0.3, -0.25) is 0 Å². The van der Waals surface area contributed by atoms with Crippen molar-refractivity contribution in [2.75, 3.05) is 19.6 Å². The summed E-state index contributed by atoms with van der Waals surface area (Å²) in [5.74, 6) is -0.505. The highest BCUT2D eigenvalue weighted by Crippen LogP contribution is 2.17. The van der Waals surface area contributed by atoms with E-state index >= 15 is 0 Å². The number of nitrogens with one attached hydrogen (secondary N) is 2. The third kappa shape index (κ3) is 2.10. The fraction of sp³-hybridized carbons (Fsp3) is 1.00. The quantitative estimate of drug-likeness (QED) is 0.632. The molecule has 1 saturated heterocycles. The summed E-state index contributed by atoms with van der Waals surface area (Å²) in [7, 11) is 0. The monoisotopic (exact) mass is 164 g/mol. The summed E-state index contributed by atoms with van der Waals surface area (Å²) in [6.45, 7) is 3.80. The van der Waals surface area contributed by atoms with Gasteiger partial charge >= 0.3 is 0 Å². The highest BCUT2D eigenvalue weighted by atomic mass is 19.3. The molecule has 66 valence electrons. The number of alkyl halides is 2. The van der Waals surface area contributed by atoms with Gasteiger partial charge < -0.3 is 10.6 Å². The molecule has 2 unspecified atom stereocenters. The van der Waals surface area contributed by atoms with Crippen molar-refractivity contribution in [2.45, 2.75) is 19.4 Å². The van der Waals surface area contributed by atoms with Crippen LogP contribution in [0.25, 0.3) is 0 Å². The Morgan fingerprint density at radius 3 is 2.82 bits per heavy atom. The molecule has 1 heterocycles. The summed E-state index contributed by atoms with van der Waals surface area (Å²) < 4.78 is 24.5. The van der Waals surface area contributed by atoms with Crippen LogP contribution in [0.3, 0.4) is 0 Å². The van der Waals surface area contributed by atoms with Gasteiger partial charge in [0.25, 0.3) is 0 Å². The van der Waals surface area contributed by atoms with Gasteiger partial charge in [-0.25, -0.2) is 8.78 Å². The molecule has 0 spiro atoms. The Morgan fingerprint density at radius 2 is 2.27 bits per heavy atom. The summed E-state index contributed by atoms with van der Waals surface area (Å²) in [6.07, 6.45) is -2.20. The minimum atomic E-state index is -2.20. The summed E-state index contributed by atoms with van der Waals surface area (Å²) in [5, 5.41) is 5.98. The lowest BCUT2D eigenvalue weighted by Crippen LogP contribution is -2.38. The van der Waals surface area contributed by atoms with E-state index < -0.39 is 12.3 Å². The van der Waals surface area contributed by atoms with Crippen molar-refractivity contribution in [3.63, 3.8) is 0 Å². The van der Waals surface area contributed by atoms with Crippen LogP contribution < -0.4 is 10.6 Å². The lowest BCUT2D eigenvalue weighted by molar-refractivity contribution is 0.0737. The van der Waals surface area contributed by atoms with Crippen molar-refractivity contribution >= 4 is 0 Å². The van der Waals surface area contributed by atoms with E-state index in [0.717, 1.165) is 6.54 Å². The van der Waals surface area contributed by atoms with Gasteiger partial charge in [-0.15, -0.1) is 0 Å². The van der Waals surface area contributed by atoms with Crippen molar-refractivity contribution in [2.24, 2.45) is 5.92 Å². The van der Waals surface area contributed by atoms with Crippen LogP contribution in [0.2, 0.25) is 0 Å². The van der Waals surface area contributed by atoms with E-state index in [2.05, 4.69) is 10.6 Å². The van der Waals surface area contributed by atoms with Crippen LogP contribution in [0.15, 0.2) is 0 Å². The van der Waals surface area contributed by atoms with Crippen LogP contribution in [0.1, 0.15) is 6.92 Å². The fourth-order valence-corrected chi connectivity index (χ4v) is 1.45. The van der Waals surface area contributed by atoms with Gasteiger partial charge in [0, 0.05) is 25.0 Å². The molecule has 0 radical (unpaired) electrons. The first-order valence-corrected chi connectivity index (χ1v) is 3.98. The maximum Gasteiger partial charge on any atom is 0.244 e. The normalized spacial score (nSPS) is 31.6. The predicted molar refractivity (Wildman–Crippen MR) is 39.8 cm³/mol. The van der Waals surface area contributed by atoms with E-state index in [1.54, 1.807) is 0 Å². The van der Waals surface area contributed by atoms with Crippen LogP contribution >= 0.6 is 0 Å². The zero-order valence-electron chi connectivity index (χ0n) is 6.61. The first-order chi connectivity index (χ1) is 5.25. The van der Waals surface area contributed by atoms with Crippen LogP contribution in [-0.4, -0.2) is 32.1 Å². The van der Waals surface area contributed by atoms with Gasteiger partial charge in [0.2, 0.25) is 6.43 Å². The van der Waals surface area contributed by atoms with E-state index in [9.17, 15) is 8.78 Å². The molecule has 11 heavy (non-hydrogen) atoms. The minimum absolute atomic E-state index is 0.0417. The Bertz CT molecular complexity index is 119. The summed E-state index contributed by atoms with van der Waals surface area (Å²) in [6, 6.07) is -0.0417. The molecule has 0 aromatic heterocycles. The van der Waals surface area contributed by atoms with E-state index in [4.69, 9.17) is 0 Å². The zero-order chi connectivity index (χ0) is 8.27. The average Bonchev–Trinajstić information content (AvgIpc) is 2.36. The van der Waals surface area contributed by atoms with E-state index in [1.165, 1.54) is 0 Å². The van der Waals surface area contributed by atoms with E-state index in [1.807, 2.05) is 6.92 Å². The van der Waals surface area contributed by atoms with Crippen molar-refractivity contribution in [3.8, 4) is 0 Å². The van der Waals surface area contributed by atoms with Crippen molar-refractivity contribution in [1.82, 2.24) is 10.6 Å². The number of hydrogen-bond acceptors (Lipinski definition) is 2. The Kier molecular flexibility index (Phi) is 3.20. The molecule has 1 aliphatic rings. The first-order valence-electron chi connectivity index (χ1n) is 3.98. The predicted octanol–water partition coefficient (Wildman–Crippen LogP) is 0.449. The second-order valence-corrected chi connectivity index (χ2v) is 2.82. The molecule has 0 bridgehead atoms. The number of hydrogen-bond donors (Lipinski definition) is 2. The molecule has 1 rings (SSSR count). The van der Waals surface area contributed by atoms with E-state index in [-0.39, 0.29) is 6.04 Å². The molecule has 0 aromatic rings. The van der Waals surface area contributed by atoms with Crippen molar-refractivity contribution in [1.29, 1.82) is 0 Å². The number of rotatable bonds is 3. The van der Waals surface area contributed by atoms with Crippen LogP contribution in [0.5, 0.6) is 0 Å². The zero-order valence-corrected chi connectivity index (χ0v) is 6.61. The summed E-state index contributed by atoms with van der Waals surface area (Å²) in [5.41, 5.74) is 0. The number of likely N-dealkylation sites (N-methyl/N-ethyl adjacent to an activating group) is 1. The van der Waals surface area contributed by atoms with Gasteiger partial charge in [0.15, 0.2) is 0 Å². The number of halogens is 2.